The number of nitrogen functional groups attached to an aromatic ring is 1. The van der Waals surface area contributed by atoms with E-state index in [4.69, 9.17) is 22.2 Å². The number of ether oxygens (including phenoxy) is 1. The van der Waals surface area contributed by atoms with Crippen molar-refractivity contribution in [3.05, 3.63) is 22.2 Å². The summed E-state index contributed by atoms with van der Waals surface area (Å²) in [6.45, 7) is 4.44. The van der Waals surface area contributed by atoms with Gasteiger partial charge in [-0.2, -0.15) is 0 Å². The molecule has 2 N–H and O–H groups in total. The maximum absolute atomic E-state index is 6.08. The van der Waals surface area contributed by atoms with Gasteiger partial charge in [0, 0.05) is 19.2 Å². The molecule has 0 amide bonds. The number of aryl methyl sites for hydroxylation is 2. The van der Waals surface area contributed by atoms with Crippen molar-refractivity contribution in [2.24, 2.45) is 0 Å². The number of aromatic nitrogens is 3. The maximum atomic E-state index is 6.08. The summed E-state index contributed by atoms with van der Waals surface area (Å²) in [5.41, 5.74) is 3.37. The number of nitrogens with zero attached hydrogens (tertiary/aromatic N) is 3. The zero-order valence-electron chi connectivity index (χ0n) is 10.1. The van der Waals surface area contributed by atoms with Gasteiger partial charge < -0.3 is 10.6 Å². The zero-order chi connectivity index (χ0) is 12.6. The van der Waals surface area contributed by atoms with Crippen LogP contribution in [0.4, 0.5) is 0 Å². The fourth-order valence-electron chi connectivity index (χ4n) is 1.81. The van der Waals surface area contributed by atoms with E-state index in [0.717, 1.165) is 22.6 Å². The summed E-state index contributed by atoms with van der Waals surface area (Å²) >= 11 is 6.08. The molecular weight excluding hydrogens is 240 g/mol. The quantitative estimate of drug-likeness (QED) is 0.668. The number of rotatable bonds is 3. The summed E-state index contributed by atoms with van der Waals surface area (Å²) in [5, 5.41) is 0.394. The van der Waals surface area contributed by atoms with Gasteiger partial charge in [-0.1, -0.05) is 11.6 Å². The number of nitrogens with two attached hydrogens (primary N) is 1. The third kappa shape index (κ3) is 1.96. The number of pyridine rings is 1. The maximum Gasteiger partial charge on any atom is 0.157 e. The second-order valence-corrected chi connectivity index (χ2v) is 4.31. The Bertz CT molecular complexity index is 564. The summed E-state index contributed by atoms with van der Waals surface area (Å²) in [7, 11) is 1.65. The molecule has 2 rings (SSSR count). The highest BCUT2D eigenvalue weighted by Gasteiger charge is 2.16. The van der Waals surface area contributed by atoms with E-state index in [0.29, 0.717) is 23.7 Å². The van der Waals surface area contributed by atoms with Crippen LogP contribution in [0, 0.1) is 13.8 Å². The predicted molar refractivity (Wildman–Crippen MR) is 67.7 cm³/mol. The minimum absolute atomic E-state index is 0.394. The molecule has 0 saturated heterocycles. The number of fused-ring (bicyclic) bond motifs is 1. The average molecular weight is 255 g/mol. The summed E-state index contributed by atoms with van der Waals surface area (Å²) in [6, 6.07) is 0. The molecule has 6 heteroatoms. The largest absolute Gasteiger partial charge is 0.384 e. The van der Waals surface area contributed by atoms with Crippen LogP contribution in [0.5, 0.6) is 0 Å². The molecule has 92 valence electrons. The van der Waals surface area contributed by atoms with Crippen LogP contribution in [-0.2, 0) is 11.2 Å². The van der Waals surface area contributed by atoms with Crippen molar-refractivity contribution in [1.29, 1.82) is 0 Å². The van der Waals surface area contributed by atoms with E-state index in [1.165, 1.54) is 0 Å². The summed E-state index contributed by atoms with van der Waals surface area (Å²) in [6.07, 6.45) is 0.649. The van der Waals surface area contributed by atoms with Gasteiger partial charge in [0.25, 0.3) is 0 Å². The van der Waals surface area contributed by atoms with Gasteiger partial charge in [0.15, 0.2) is 5.15 Å². The SMILES string of the molecule is COCCc1nc2c(Cl)nc(C)c(C)c2n1N. The van der Waals surface area contributed by atoms with Crippen LogP contribution in [0.2, 0.25) is 5.15 Å². The van der Waals surface area contributed by atoms with Crippen molar-refractivity contribution >= 4 is 22.6 Å². The van der Waals surface area contributed by atoms with Crippen LogP contribution < -0.4 is 5.84 Å². The Morgan fingerprint density at radius 2 is 2.06 bits per heavy atom. The van der Waals surface area contributed by atoms with Crippen LogP contribution in [0.1, 0.15) is 17.1 Å². The van der Waals surface area contributed by atoms with Gasteiger partial charge in [0.1, 0.15) is 11.3 Å². The molecule has 0 fully saturated rings. The van der Waals surface area contributed by atoms with Gasteiger partial charge in [-0.3, -0.25) is 0 Å². The standard InChI is InChI=1S/C11H15ClN4O/c1-6-7(2)14-11(12)9-10(6)16(13)8(15-9)4-5-17-3/h4-5,13H2,1-3H3. The van der Waals surface area contributed by atoms with Crippen LogP contribution in [-0.4, -0.2) is 28.4 Å². The number of imidazole rings is 1. The van der Waals surface area contributed by atoms with E-state index in [9.17, 15) is 0 Å². The first-order chi connectivity index (χ1) is 8.06. The van der Waals surface area contributed by atoms with Gasteiger partial charge in [0.2, 0.25) is 0 Å². The highest BCUT2D eigenvalue weighted by molar-refractivity contribution is 6.33. The monoisotopic (exact) mass is 254 g/mol. The molecule has 0 aliphatic rings. The van der Waals surface area contributed by atoms with E-state index < -0.39 is 0 Å². The normalized spacial score (nSPS) is 11.3. The van der Waals surface area contributed by atoms with E-state index >= 15 is 0 Å². The van der Waals surface area contributed by atoms with Crippen LogP contribution >= 0.6 is 11.6 Å². The molecule has 5 nitrogen and oxygen atoms in total. The number of hydrogen-bond donors (Lipinski definition) is 1. The Balaban J connectivity index is 2.65. The molecule has 0 spiro atoms. The highest BCUT2D eigenvalue weighted by atomic mass is 35.5. The molecule has 0 unspecified atom stereocenters. The molecule has 0 aliphatic carbocycles. The predicted octanol–water partition coefficient (Wildman–Crippen LogP) is 1.60. The average Bonchev–Trinajstić information content (AvgIpc) is 2.62. The number of hydrogen-bond acceptors (Lipinski definition) is 4. The molecule has 2 heterocycles. The Morgan fingerprint density at radius 1 is 1.35 bits per heavy atom. The van der Waals surface area contributed by atoms with E-state index in [-0.39, 0.29) is 0 Å². The van der Waals surface area contributed by atoms with E-state index in [2.05, 4.69) is 9.97 Å². The molecule has 2 aromatic rings. The first-order valence-electron chi connectivity index (χ1n) is 5.34. The molecule has 0 atom stereocenters. The summed E-state index contributed by atoms with van der Waals surface area (Å²) in [4.78, 5) is 8.65. The Kier molecular flexibility index (Phi) is 3.22. The van der Waals surface area contributed by atoms with Gasteiger partial charge in [-0.15, -0.1) is 0 Å². The number of methoxy groups -OCH3 is 1. The van der Waals surface area contributed by atoms with E-state index in [1.54, 1.807) is 11.8 Å². The van der Waals surface area contributed by atoms with Crippen molar-refractivity contribution < 1.29 is 4.74 Å². The second-order valence-electron chi connectivity index (χ2n) is 3.95. The lowest BCUT2D eigenvalue weighted by molar-refractivity contribution is 0.200. The molecular formula is C11H15ClN4O. The fourth-order valence-corrected chi connectivity index (χ4v) is 2.06. The molecule has 0 aromatic carbocycles. The Hall–Kier alpha value is -1.33. The van der Waals surface area contributed by atoms with Crippen LogP contribution in [0.25, 0.3) is 11.0 Å². The first-order valence-corrected chi connectivity index (χ1v) is 5.72. The van der Waals surface area contributed by atoms with Crippen molar-refractivity contribution in [3.63, 3.8) is 0 Å². The Labute approximate surface area is 105 Å². The van der Waals surface area contributed by atoms with Gasteiger partial charge in [0.05, 0.1) is 12.1 Å². The summed E-state index contributed by atoms with van der Waals surface area (Å²) < 4.78 is 6.60. The fraction of sp³-hybridized carbons (Fsp3) is 0.455. The molecule has 0 radical (unpaired) electrons. The van der Waals surface area contributed by atoms with Crippen molar-refractivity contribution in [3.8, 4) is 0 Å². The smallest absolute Gasteiger partial charge is 0.157 e. The summed E-state index contributed by atoms with van der Waals surface area (Å²) in [5.74, 6) is 6.78. The Morgan fingerprint density at radius 3 is 2.71 bits per heavy atom. The van der Waals surface area contributed by atoms with Crippen molar-refractivity contribution in [2.75, 3.05) is 19.6 Å². The molecule has 2 aromatic heterocycles. The van der Waals surface area contributed by atoms with E-state index in [1.807, 2.05) is 13.8 Å². The lowest BCUT2D eigenvalue weighted by atomic mass is 10.2. The lowest BCUT2D eigenvalue weighted by Crippen LogP contribution is -2.14. The van der Waals surface area contributed by atoms with Crippen molar-refractivity contribution in [2.45, 2.75) is 20.3 Å². The minimum Gasteiger partial charge on any atom is -0.384 e. The molecule has 17 heavy (non-hydrogen) atoms. The van der Waals surface area contributed by atoms with Gasteiger partial charge in [-0.05, 0) is 19.4 Å². The second kappa shape index (κ2) is 4.50. The molecule has 0 aliphatic heterocycles. The van der Waals surface area contributed by atoms with Gasteiger partial charge >= 0.3 is 0 Å². The first kappa shape index (κ1) is 12.1. The number of halogens is 1. The van der Waals surface area contributed by atoms with Crippen molar-refractivity contribution in [1.82, 2.24) is 14.6 Å². The van der Waals surface area contributed by atoms with Gasteiger partial charge in [-0.25, -0.2) is 14.6 Å². The molecule has 0 saturated carbocycles. The lowest BCUT2D eigenvalue weighted by Gasteiger charge is -2.05. The topological polar surface area (TPSA) is 66.0 Å². The zero-order valence-corrected chi connectivity index (χ0v) is 10.9. The molecule has 0 bridgehead atoms. The third-order valence-corrected chi connectivity index (χ3v) is 3.14. The third-order valence-electron chi connectivity index (χ3n) is 2.87. The van der Waals surface area contributed by atoms with Crippen LogP contribution in [0.3, 0.4) is 0 Å². The highest BCUT2D eigenvalue weighted by Crippen LogP contribution is 2.25. The minimum atomic E-state index is 0.394. The van der Waals surface area contributed by atoms with Crippen LogP contribution in [0.15, 0.2) is 0 Å².